The molecule has 0 saturated heterocycles. The van der Waals surface area contributed by atoms with Gasteiger partial charge in [-0.05, 0) is 18.2 Å². The van der Waals surface area contributed by atoms with Crippen LogP contribution in [0.1, 0.15) is 10.4 Å². The second-order valence-corrected chi connectivity index (χ2v) is 4.92. The average molecular weight is 299 g/mol. The molecular weight excluding hydrogens is 288 g/mol. The Labute approximate surface area is 126 Å². The van der Waals surface area contributed by atoms with E-state index in [0.29, 0.717) is 16.4 Å². The topological polar surface area (TPSA) is 55.1 Å². The predicted molar refractivity (Wildman–Crippen MR) is 81.0 cm³/mol. The van der Waals surface area contributed by atoms with Crippen LogP contribution in [0.15, 0.2) is 60.8 Å². The molecule has 3 rings (SSSR count). The second-order valence-electron chi connectivity index (χ2n) is 4.49. The first-order valence-corrected chi connectivity index (χ1v) is 6.67. The van der Waals surface area contributed by atoms with Crippen molar-refractivity contribution >= 4 is 17.6 Å². The molecule has 4 nitrogen and oxygen atoms in total. The fourth-order valence-electron chi connectivity index (χ4n) is 2.09. The first-order valence-electron chi connectivity index (χ1n) is 6.29. The summed E-state index contributed by atoms with van der Waals surface area (Å²) in [6.45, 7) is 0. The van der Waals surface area contributed by atoms with E-state index in [-0.39, 0.29) is 5.56 Å². The molecule has 0 radical (unpaired) electrons. The summed E-state index contributed by atoms with van der Waals surface area (Å²) in [5.41, 5.74) is 2.06. The van der Waals surface area contributed by atoms with Crippen LogP contribution in [0, 0.1) is 0 Å². The molecule has 0 atom stereocenters. The molecule has 2 aromatic carbocycles. The highest BCUT2D eigenvalue weighted by atomic mass is 35.5. The predicted octanol–water partition coefficient (Wildman–Crippen LogP) is 3.89. The van der Waals surface area contributed by atoms with Gasteiger partial charge >= 0.3 is 5.97 Å². The van der Waals surface area contributed by atoms with Gasteiger partial charge in [-0.1, -0.05) is 48.0 Å². The number of hydrogen-bond acceptors (Lipinski definition) is 2. The Morgan fingerprint density at radius 3 is 2.52 bits per heavy atom. The van der Waals surface area contributed by atoms with Crippen LogP contribution in [0.3, 0.4) is 0 Å². The molecule has 0 aliphatic rings. The summed E-state index contributed by atoms with van der Waals surface area (Å²) in [5.74, 6) is -1.01. The number of nitrogens with zero attached hydrogens (tertiary/aromatic N) is 2. The number of aromatic nitrogens is 2. The van der Waals surface area contributed by atoms with Crippen LogP contribution in [0.4, 0.5) is 0 Å². The van der Waals surface area contributed by atoms with E-state index in [1.807, 2.05) is 36.4 Å². The summed E-state index contributed by atoms with van der Waals surface area (Å²) in [6.07, 6.45) is 1.50. The Balaban J connectivity index is 2.15. The Morgan fingerprint density at radius 1 is 1.10 bits per heavy atom. The second kappa shape index (κ2) is 5.42. The normalized spacial score (nSPS) is 10.5. The maximum absolute atomic E-state index is 11.4. The Kier molecular flexibility index (Phi) is 3.46. The third-order valence-electron chi connectivity index (χ3n) is 3.06. The summed E-state index contributed by atoms with van der Waals surface area (Å²) in [6, 6.07) is 16.3. The van der Waals surface area contributed by atoms with Gasteiger partial charge in [0.15, 0.2) is 0 Å². The Hall–Kier alpha value is -2.59. The fourth-order valence-corrected chi connectivity index (χ4v) is 2.28. The van der Waals surface area contributed by atoms with E-state index in [2.05, 4.69) is 5.10 Å². The van der Waals surface area contributed by atoms with Crippen molar-refractivity contribution < 1.29 is 9.90 Å². The smallest absolute Gasteiger partial charge is 0.339 e. The van der Waals surface area contributed by atoms with Gasteiger partial charge in [0.25, 0.3) is 0 Å². The van der Waals surface area contributed by atoms with Crippen LogP contribution in [0.5, 0.6) is 0 Å². The van der Waals surface area contributed by atoms with E-state index < -0.39 is 5.97 Å². The van der Waals surface area contributed by atoms with E-state index >= 15 is 0 Å². The quantitative estimate of drug-likeness (QED) is 0.798. The maximum Gasteiger partial charge on any atom is 0.339 e. The molecule has 0 unspecified atom stereocenters. The average Bonchev–Trinajstić information content (AvgIpc) is 2.93. The van der Waals surface area contributed by atoms with Crippen LogP contribution >= 0.6 is 11.6 Å². The molecule has 0 spiro atoms. The zero-order valence-corrected chi connectivity index (χ0v) is 11.7. The number of rotatable bonds is 3. The lowest BCUT2D eigenvalue weighted by Gasteiger charge is -2.01. The third kappa shape index (κ3) is 2.66. The zero-order chi connectivity index (χ0) is 14.8. The largest absolute Gasteiger partial charge is 0.478 e. The molecule has 1 aromatic heterocycles. The summed E-state index contributed by atoms with van der Waals surface area (Å²) in [4.78, 5) is 11.4. The number of halogens is 1. The van der Waals surface area contributed by atoms with Gasteiger partial charge in [-0.2, -0.15) is 5.10 Å². The molecule has 3 aromatic rings. The molecular formula is C16H11ClN2O2. The van der Waals surface area contributed by atoms with Crippen LogP contribution < -0.4 is 0 Å². The fraction of sp³-hybridized carbons (Fsp3) is 0. The summed E-state index contributed by atoms with van der Waals surface area (Å²) in [5, 5.41) is 14.3. The number of carboxylic acids is 1. The van der Waals surface area contributed by atoms with Crippen molar-refractivity contribution in [1.82, 2.24) is 9.78 Å². The number of hydrogen-bond donors (Lipinski definition) is 1. The summed E-state index contributed by atoms with van der Waals surface area (Å²) >= 11 is 5.96. The number of carboxylic acid groups (broad SMARTS) is 1. The van der Waals surface area contributed by atoms with Gasteiger partial charge in [-0.3, -0.25) is 0 Å². The molecule has 1 N–H and O–H groups in total. The van der Waals surface area contributed by atoms with Crippen molar-refractivity contribution in [2.45, 2.75) is 0 Å². The van der Waals surface area contributed by atoms with Gasteiger partial charge in [-0.25, -0.2) is 9.48 Å². The Bertz CT molecular complexity index is 797. The molecule has 0 fully saturated rings. The minimum Gasteiger partial charge on any atom is -0.478 e. The van der Waals surface area contributed by atoms with Gasteiger partial charge in [0.05, 0.1) is 5.69 Å². The molecule has 0 bridgehead atoms. The van der Waals surface area contributed by atoms with Crippen molar-refractivity contribution in [3.8, 4) is 16.9 Å². The minimum absolute atomic E-state index is 0.154. The van der Waals surface area contributed by atoms with E-state index in [0.717, 1.165) is 5.56 Å². The highest BCUT2D eigenvalue weighted by Gasteiger charge is 2.17. The minimum atomic E-state index is -1.01. The summed E-state index contributed by atoms with van der Waals surface area (Å²) in [7, 11) is 0. The monoisotopic (exact) mass is 298 g/mol. The lowest BCUT2D eigenvalue weighted by atomic mass is 10.1. The van der Waals surface area contributed by atoms with Gasteiger partial charge < -0.3 is 5.11 Å². The van der Waals surface area contributed by atoms with Gasteiger partial charge in [0.1, 0.15) is 11.3 Å². The maximum atomic E-state index is 11.4. The molecule has 21 heavy (non-hydrogen) atoms. The SMILES string of the molecule is O=C(O)c1cn(-c2cccc(Cl)c2)nc1-c1ccccc1. The Morgan fingerprint density at radius 2 is 1.86 bits per heavy atom. The lowest BCUT2D eigenvalue weighted by Crippen LogP contribution is -1.96. The van der Waals surface area contributed by atoms with E-state index in [4.69, 9.17) is 11.6 Å². The van der Waals surface area contributed by atoms with Gasteiger partial charge in [0, 0.05) is 16.8 Å². The summed E-state index contributed by atoms with van der Waals surface area (Å²) < 4.78 is 1.53. The van der Waals surface area contributed by atoms with Crippen molar-refractivity contribution in [2.24, 2.45) is 0 Å². The van der Waals surface area contributed by atoms with E-state index in [1.165, 1.54) is 10.9 Å². The molecule has 5 heteroatoms. The molecule has 0 aliphatic carbocycles. The van der Waals surface area contributed by atoms with Gasteiger partial charge in [-0.15, -0.1) is 0 Å². The van der Waals surface area contributed by atoms with Crippen molar-refractivity contribution in [3.63, 3.8) is 0 Å². The standard InChI is InChI=1S/C16H11ClN2O2/c17-12-7-4-8-13(9-12)19-10-14(16(20)21)15(18-19)11-5-2-1-3-6-11/h1-10H,(H,20,21). The molecule has 1 heterocycles. The van der Waals surface area contributed by atoms with E-state index in [1.54, 1.807) is 18.2 Å². The number of aromatic carboxylic acids is 1. The first kappa shape index (κ1) is 13.4. The van der Waals surface area contributed by atoms with Crippen molar-refractivity contribution in [3.05, 3.63) is 71.4 Å². The van der Waals surface area contributed by atoms with Crippen molar-refractivity contribution in [1.29, 1.82) is 0 Å². The molecule has 0 amide bonds. The third-order valence-corrected chi connectivity index (χ3v) is 3.30. The van der Waals surface area contributed by atoms with Crippen molar-refractivity contribution in [2.75, 3.05) is 0 Å². The molecule has 0 saturated carbocycles. The highest BCUT2D eigenvalue weighted by molar-refractivity contribution is 6.30. The zero-order valence-electron chi connectivity index (χ0n) is 10.9. The van der Waals surface area contributed by atoms with Crippen LogP contribution in [0.25, 0.3) is 16.9 Å². The van der Waals surface area contributed by atoms with Gasteiger partial charge in [0.2, 0.25) is 0 Å². The highest BCUT2D eigenvalue weighted by Crippen LogP contribution is 2.24. The number of carbonyl (C=O) groups is 1. The van der Waals surface area contributed by atoms with E-state index in [9.17, 15) is 9.90 Å². The molecule has 0 aliphatic heterocycles. The van der Waals surface area contributed by atoms with Crippen LogP contribution in [0.2, 0.25) is 5.02 Å². The lowest BCUT2D eigenvalue weighted by molar-refractivity contribution is 0.0697. The molecule has 104 valence electrons. The van der Waals surface area contributed by atoms with Crippen LogP contribution in [-0.2, 0) is 0 Å². The number of benzene rings is 2. The first-order chi connectivity index (χ1) is 10.1. The van der Waals surface area contributed by atoms with Crippen LogP contribution in [-0.4, -0.2) is 20.9 Å².